The van der Waals surface area contributed by atoms with Crippen LogP contribution in [0.2, 0.25) is 0 Å². The number of piperidine rings is 2. The molecule has 136 valence electrons. The van der Waals surface area contributed by atoms with Crippen LogP contribution in [0.4, 0.5) is 5.82 Å². The number of aromatic nitrogens is 2. The lowest BCUT2D eigenvalue weighted by Crippen LogP contribution is -2.51. The van der Waals surface area contributed by atoms with E-state index in [0.717, 1.165) is 63.4 Å². The van der Waals surface area contributed by atoms with E-state index < -0.39 is 0 Å². The SMILES string of the molecule is Cc1nccnc1N1CCC(N2CCC[C@H](C(=O)NC3CC3)C2)CC1. The minimum absolute atomic E-state index is 0.189. The normalized spacial score (nSPS) is 25.8. The first kappa shape index (κ1) is 16.8. The van der Waals surface area contributed by atoms with Crippen molar-refractivity contribution in [2.24, 2.45) is 5.92 Å². The fourth-order valence-electron chi connectivity index (χ4n) is 4.25. The zero-order valence-electron chi connectivity index (χ0n) is 15.2. The molecule has 1 atom stereocenters. The largest absolute Gasteiger partial charge is 0.355 e. The number of hydrogen-bond acceptors (Lipinski definition) is 5. The molecule has 1 aliphatic carbocycles. The Bertz CT molecular complexity index is 610. The highest BCUT2D eigenvalue weighted by Crippen LogP contribution is 2.27. The van der Waals surface area contributed by atoms with Gasteiger partial charge in [-0.25, -0.2) is 4.98 Å². The molecule has 1 amide bonds. The van der Waals surface area contributed by atoms with E-state index in [2.05, 4.69) is 25.1 Å². The first-order chi connectivity index (χ1) is 12.2. The van der Waals surface area contributed by atoms with Gasteiger partial charge in [0.15, 0.2) is 0 Å². The molecule has 1 saturated carbocycles. The summed E-state index contributed by atoms with van der Waals surface area (Å²) in [6, 6.07) is 1.08. The minimum Gasteiger partial charge on any atom is -0.355 e. The van der Waals surface area contributed by atoms with Crippen LogP contribution in [0.5, 0.6) is 0 Å². The molecule has 0 spiro atoms. The quantitative estimate of drug-likeness (QED) is 0.902. The number of anilines is 1. The molecule has 0 unspecified atom stereocenters. The highest BCUT2D eigenvalue weighted by atomic mass is 16.2. The molecule has 0 bridgehead atoms. The standard InChI is InChI=1S/C19H29N5O/c1-14-18(21-9-8-20-14)23-11-6-17(7-12-23)24-10-2-3-15(13-24)19(25)22-16-4-5-16/h8-9,15-17H,2-7,10-13H2,1H3,(H,22,25)/t15-/m0/s1. The molecule has 3 fully saturated rings. The number of nitrogens with one attached hydrogen (secondary N) is 1. The van der Waals surface area contributed by atoms with E-state index in [9.17, 15) is 4.79 Å². The number of aryl methyl sites for hydroxylation is 1. The molecule has 1 aromatic rings. The van der Waals surface area contributed by atoms with Gasteiger partial charge in [0.05, 0.1) is 11.6 Å². The molecule has 0 aromatic carbocycles. The minimum atomic E-state index is 0.189. The molecule has 2 aliphatic heterocycles. The van der Waals surface area contributed by atoms with Gasteiger partial charge in [-0.2, -0.15) is 0 Å². The van der Waals surface area contributed by atoms with E-state index >= 15 is 0 Å². The lowest BCUT2D eigenvalue weighted by Gasteiger charge is -2.42. The van der Waals surface area contributed by atoms with Crippen LogP contribution in [-0.2, 0) is 4.79 Å². The Morgan fingerprint density at radius 2 is 1.84 bits per heavy atom. The fraction of sp³-hybridized carbons (Fsp3) is 0.737. The van der Waals surface area contributed by atoms with Crippen molar-refractivity contribution in [1.29, 1.82) is 0 Å². The van der Waals surface area contributed by atoms with E-state index in [4.69, 9.17) is 0 Å². The summed E-state index contributed by atoms with van der Waals surface area (Å²) >= 11 is 0. The molecule has 6 heteroatoms. The molecule has 6 nitrogen and oxygen atoms in total. The number of likely N-dealkylation sites (tertiary alicyclic amines) is 1. The Morgan fingerprint density at radius 1 is 1.08 bits per heavy atom. The molecular formula is C19H29N5O. The number of amides is 1. The third kappa shape index (κ3) is 3.94. The van der Waals surface area contributed by atoms with Crippen LogP contribution < -0.4 is 10.2 Å². The number of nitrogens with zero attached hydrogens (tertiary/aromatic N) is 4. The lowest BCUT2D eigenvalue weighted by molar-refractivity contribution is -0.127. The topological polar surface area (TPSA) is 61.4 Å². The molecule has 4 rings (SSSR count). The van der Waals surface area contributed by atoms with Gasteiger partial charge >= 0.3 is 0 Å². The average molecular weight is 343 g/mol. The summed E-state index contributed by atoms with van der Waals surface area (Å²) in [4.78, 5) is 26.2. The molecule has 2 saturated heterocycles. The number of carbonyl (C=O) groups excluding carboxylic acids is 1. The van der Waals surface area contributed by atoms with Gasteiger partial charge in [-0.15, -0.1) is 0 Å². The maximum absolute atomic E-state index is 12.4. The second kappa shape index (κ2) is 7.28. The first-order valence-corrected chi connectivity index (χ1v) is 9.77. The van der Waals surface area contributed by atoms with Crippen molar-refractivity contribution in [3.05, 3.63) is 18.1 Å². The van der Waals surface area contributed by atoms with Crippen LogP contribution >= 0.6 is 0 Å². The van der Waals surface area contributed by atoms with Crippen molar-refractivity contribution in [3.63, 3.8) is 0 Å². The van der Waals surface area contributed by atoms with Gasteiger partial charge in [-0.05, 0) is 52.0 Å². The van der Waals surface area contributed by atoms with Gasteiger partial charge in [0.2, 0.25) is 5.91 Å². The monoisotopic (exact) mass is 343 g/mol. The van der Waals surface area contributed by atoms with Gasteiger partial charge in [0.1, 0.15) is 5.82 Å². The van der Waals surface area contributed by atoms with Crippen molar-refractivity contribution in [3.8, 4) is 0 Å². The second-order valence-electron chi connectivity index (χ2n) is 7.80. The van der Waals surface area contributed by atoms with Crippen molar-refractivity contribution in [1.82, 2.24) is 20.2 Å². The van der Waals surface area contributed by atoms with Crippen LogP contribution in [0.1, 0.15) is 44.2 Å². The third-order valence-electron chi connectivity index (χ3n) is 5.88. The number of rotatable bonds is 4. The summed E-state index contributed by atoms with van der Waals surface area (Å²) < 4.78 is 0. The Labute approximate surface area is 150 Å². The van der Waals surface area contributed by atoms with Crippen molar-refractivity contribution in [2.45, 2.75) is 57.5 Å². The Morgan fingerprint density at radius 3 is 2.56 bits per heavy atom. The van der Waals surface area contributed by atoms with E-state index in [1.54, 1.807) is 12.4 Å². The van der Waals surface area contributed by atoms with Crippen LogP contribution in [0.15, 0.2) is 12.4 Å². The molecule has 1 aromatic heterocycles. The van der Waals surface area contributed by atoms with Crippen LogP contribution in [0.3, 0.4) is 0 Å². The second-order valence-corrected chi connectivity index (χ2v) is 7.80. The third-order valence-corrected chi connectivity index (χ3v) is 5.88. The zero-order chi connectivity index (χ0) is 17.2. The molecule has 25 heavy (non-hydrogen) atoms. The molecule has 3 aliphatic rings. The number of carbonyl (C=O) groups is 1. The fourth-order valence-corrected chi connectivity index (χ4v) is 4.25. The molecular weight excluding hydrogens is 314 g/mol. The van der Waals surface area contributed by atoms with E-state index in [-0.39, 0.29) is 5.92 Å². The predicted octanol–water partition coefficient (Wildman–Crippen LogP) is 1.74. The summed E-state index contributed by atoms with van der Waals surface area (Å²) in [5, 5.41) is 3.19. The summed E-state index contributed by atoms with van der Waals surface area (Å²) in [6.07, 6.45) is 10.4. The Kier molecular flexibility index (Phi) is 4.88. The average Bonchev–Trinajstić information content (AvgIpc) is 3.46. The van der Waals surface area contributed by atoms with Gasteiger partial charge in [0.25, 0.3) is 0 Å². The smallest absolute Gasteiger partial charge is 0.224 e. The Balaban J connectivity index is 1.31. The summed E-state index contributed by atoms with van der Waals surface area (Å²) in [6.45, 7) is 6.16. The van der Waals surface area contributed by atoms with E-state index in [1.807, 2.05) is 6.92 Å². The first-order valence-electron chi connectivity index (χ1n) is 9.77. The van der Waals surface area contributed by atoms with Crippen molar-refractivity contribution >= 4 is 11.7 Å². The maximum atomic E-state index is 12.4. The highest BCUT2D eigenvalue weighted by Gasteiger charge is 2.34. The zero-order valence-corrected chi connectivity index (χ0v) is 15.2. The van der Waals surface area contributed by atoms with E-state index in [0.29, 0.717) is 18.0 Å². The van der Waals surface area contributed by atoms with Crippen LogP contribution in [0.25, 0.3) is 0 Å². The molecule has 0 radical (unpaired) electrons. The molecule has 3 heterocycles. The lowest BCUT2D eigenvalue weighted by atomic mass is 9.93. The van der Waals surface area contributed by atoms with Gasteiger partial charge < -0.3 is 10.2 Å². The van der Waals surface area contributed by atoms with Crippen molar-refractivity contribution < 1.29 is 4.79 Å². The molecule has 1 N–H and O–H groups in total. The van der Waals surface area contributed by atoms with Crippen LogP contribution in [-0.4, -0.2) is 59.0 Å². The summed E-state index contributed by atoms with van der Waals surface area (Å²) in [5.41, 5.74) is 1.01. The maximum Gasteiger partial charge on any atom is 0.224 e. The van der Waals surface area contributed by atoms with Crippen molar-refractivity contribution in [2.75, 3.05) is 31.1 Å². The summed E-state index contributed by atoms with van der Waals surface area (Å²) in [5.74, 6) is 1.51. The number of hydrogen-bond donors (Lipinski definition) is 1. The van der Waals surface area contributed by atoms with Crippen LogP contribution in [0, 0.1) is 12.8 Å². The van der Waals surface area contributed by atoms with E-state index in [1.165, 1.54) is 12.8 Å². The van der Waals surface area contributed by atoms with Gasteiger partial charge in [0, 0.05) is 44.1 Å². The highest BCUT2D eigenvalue weighted by molar-refractivity contribution is 5.79. The summed E-state index contributed by atoms with van der Waals surface area (Å²) in [7, 11) is 0. The van der Waals surface area contributed by atoms with Gasteiger partial charge in [-0.1, -0.05) is 0 Å². The van der Waals surface area contributed by atoms with Gasteiger partial charge in [-0.3, -0.25) is 14.7 Å². The predicted molar refractivity (Wildman–Crippen MR) is 97.5 cm³/mol. The Hall–Kier alpha value is -1.69.